The third-order valence-electron chi connectivity index (χ3n) is 2.81. The van der Waals surface area contributed by atoms with Crippen molar-refractivity contribution in [3.63, 3.8) is 0 Å². The number of pyridine rings is 1. The van der Waals surface area contributed by atoms with Gasteiger partial charge in [0.1, 0.15) is 0 Å². The van der Waals surface area contributed by atoms with E-state index >= 15 is 0 Å². The van der Waals surface area contributed by atoms with Gasteiger partial charge in [-0.2, -0.15) is 0 Å². The normalized spacial score (nSPS) is 10.3. The average molecular weight is 269 g/mol. The van der Waals surface area contributed by atoms with E-state index in [1.807, 2.05) is 50.2 Å². The van der Waals surface area contributed by atoms with Gasteiger partial charge in [0, 0.05) is 36.2 Å². The lowest BCUT2D eigenvalue weighted by Crippen LogP contribution is -2.29. The van der Waals surface area contributed by atoms with Crippen LogP contribution in [0, 0.1) is 0 Å². The number of hydrogen-bond acceptors (Lipinski definition) is 3. The predicted octanol–water partition coefficient (Wildman–Crippen LogP) is 2.83. The Kier molecular flexibility index (Phi) is 4.71. The first kappa shape index (κ1) is 14.1. The summed E-state index contributed by atoms with van der Waals surface area (Å²) < 4.78 is 0. The third-order valence-corrected chi connectivity index (χ3v) is 2.81. The van der Waals surface area contributed by atoms with Gasteiger partial charge in [0.2, 0.25) is 0 Å². The summed E-state index contributed by atoms with van der Waals surface area (Å²) in [5.41, 5.74) is 2.83. The summed E-state index contributed by atoms with van der Waals surface area (Å²) in [6.45, 7) is 4.63. The van der Waals surface area contributed by atoms with Crippen molar-refractivity contribution < 1.29 is 4.79 Å². The van der Waals surface area contributed by atoms with Crippen molar-refractivity contribution in [1.29, 1.82) is 0 Å². The van der Waals surface area contributed by atoms with Gasteiger partial charge in [-0.25, -0.2) is 0 Å². The van der Waals surface area contributed by atoms with Crippen LogP contribution in [0.25, 0.3) is 0 Å². The van der Waals surface area contributed by atoms with Crippen molar-refractivity contribution in [2.45, 2.75) is 26.4 Å². The Balaban J connectivity index is 1.93. The van der Waals surface area contributed by atoms with Crippen LogP contribution >= 0.6 is 0 Å². The largest absolute Gasteiger partial charge is 0.381 e. The van der Waals surface area contributed by atoms with Gasteiger partial charge in [-0.3, -0.25) is 9.78 Å². The highest BCUT2D eigenvalue weighted by Gasteiger charge is 2.06. The molecule has 0 saturated carbocycles. The summed E-state index contributed by atoms with van der Waals surface area (Å²) >= 11 is 0. The Morgan fingerprint density at radius 2 is 1.75 bits per heavy atom. The molecule has 0 saturated heterocycles. The molecule has 4 heteroatoms. The third kappa shape index (κ3) is 4.09. The Morgan fingerprint density at radius 1 is 1.10 bits per heavy atom. The molecule has 1 aromatic heterocycles. The van der Waals surface area contributed by atoms with Crippen LogP contribution in [0.2, 0.25) is 0 Å². The second-order valence-corrected chi connectivity index (χ2v) is 4.91. The highest BCUT2D eigenvalue weighted by atomic mass is 16.1. The zero-order valence-electron chi connectivity index (χ0n) is 11.8. The summed E-state index contributed by atoms with van der Waals surface area (Å²) in [7, 11) is 0. The molecule has 2 aromatic rings. The van der Waals surface area contributed by atoms with Crippen LogP contribution in [0.3, 0.4) is 0 Å². The van der Waals surface area contributed by atoms with Gasteiger partial charge in [-0.1, -0.05) is 0 Å². The number of anilines is 1. The maximum Gasteiger partial charge on any atom is 0.251 e. The van der Waals surface area contributed by atoms with Gasteiger partial charge in [0.05, 0.1) is 0 Å². The zero-order chi connectivity index (χ0) is 14.4. The van der Waals surface area contributed by atoms with E-state index in [1.54, 1.807) is 12.4 Å². The molecule has 0 radical (unpaired) electrons. The van der Waals surface area contributed by atoms with Gasteiger partial charge in [-0.15, -0.1) is 0 Å². The van der Waals surface area contributed by atoms with Gasteiger partial charge >= 0.3 is 0 Å². The van der Waals surface area contributed by atoms with Crippen LogP contribution in [-0.2, 0) is 6.54 Å². The standard InChI is InChI=1S/C16H19N3O/c1-12(2)19-16(20)14-3-5-15(6-4-14)18-11-13-7-9-17-10-8-13/h3-10,12,18H,11H2,1-2H3,(H,19,20). The van der Waals surface area contributed by atoms with Gasteiger partial charge < -0.3 is 10.6 Å². The summed E-state index contributed by atoms with van der Waals surface area (Å²) in [5.74, 6) is -0.0410. The fourth-order valence-corrected chi connectivity index (χ4v) is 1.79. The molecule has 0 bridgehead atoms. The maximum atomic E-state index is 11.8. The van der Waals surface area contributed by atoms with E-state index in [-0.39, 0.29) is 11.9 Å². The lowest BCUT2D eigenvalue weighted by Gasteiger charge is -2.10. The summed E-state index contributed by atoms with van der Waals surface area (Å²) in [5, 5.41) is 6.18. The first-order valence-electron chi connectivity index (χ1n) is 6.69. The summed E-state index contributed by atoms with van der Waals surface area (Å²) in [4.78, 5) is 15.8. The smallest absolute Gasteiger partial charge is 0.251 e. The molecule has 0 spiro atoms. The summed E-state index contributed by atoms with van der Waals surface area (Å²) in [6, 6.07) is 11.6. The lowest BCUT2D eigenvalue weighted by atomic mass is 10.1. The number of carbonyl (C=O) groups excluding carboxylic acids is 1. The molecule has 4 nitrogen and oxygen atoms in total. The number of rotatable bonds is 5. The topological polar surface area (TPSA) is 54.0 Å². The highest BCUT2D eigenvalue weighted by Crippen LogP contribution is 2.11. The second-order valence-electron chi connectivity index (χ2n) is 4.91. The molecule has 1 aromatic carbocycles. The van der Waals surface area contributed by atoms with Crippen molar-refractivity contribution in [2.24, 2.45) is 0 Å². The maximum absolute atomic E-state index is 11.8. The number of benzene rings is 1. The molecule has 0 aliphatic heterocycles. The average Bonchev–Trinajstić information content (AvgIpc) is 2.46. The van der Waals surface area contributed by atoms with Crippen molar-refractivity contribution in [1.82, 2.24) is 10.3 Å². The molecule has 1 amide bonds. The number of nitrogens with one attached hydrogen (secondary N) is 2. The molecule has 2 rings (SSSR count). The van der Waals surface area contributed by atoms with E-state index in [0.29, 0.717) is 5.56 Å². The Bertz CT molecular complexity index is 550. The first-order valence-corrected chi connectivity index (χ1v) is 6.69. The van der Waals surface area contributed by atoms with E-state index in [0.717, 1.165) is 12.2 Å². The van der Waals surface area contributed by atoms with Gasteiger partial charge in [0.15, 0.2) is 0 Å². The van der Waals surface area contributed by atoms with E-state index in [2.05, 4.69) is 15.6 Å². The van der Waals surface area contributed by atoms with E-state index in [9.17, 15) is 4.79 Å². The second kappa shape index (κ2) is 6.70. The van der Waals surface area contributed by atoms with Crippen molar-refractivity contribution in [2.75, 3.05) is 5.32 Å². The molecular formula is C16H19N3O. The zero-order valence-corrected chi connectivity index (χ0v) is 11.8. The fourth-order valence-electron chi connectivity index (χ4n) is 1.79. The number of carbonyl (C=O) groups is 1. The minimum absolute atomic E-state index is 0.0410. The molecular weight excluding hydrogens is 250 g/mol. The van der Waals surface area contributed by atoms with Crippen LogP contribution in [0.5, 0.6) is 0 Å². The number of aromatic nitrogens is 1. The highest BCUT2D eigenvalue weighted by molar-refractivity contribution is 5.94. The van der Waals surface area contributed by atoms with Crippen molar-refractivity contribution in [3.05, 3.63) is 59.9 Å². The van der Waals surface area contributed by atoms with Crippen molar-refractivity contribution in [3.8, 4) is 0 Å². The quantitative estimate of drug-likeness (QED) is 0.877. The van der Waals surface area contributed by atoms with E-state index in [1.165, 1.54) is 5.56 Å². The Morgan fingerprint density at radius 3 is 2.35 bits per heavy atom. The molecule has 104 valence electrons. The van der Waals surface area contributed by atoms with Crippen LogP contribution in [-0.4, -0.2) is 16.9 Å². The minimum atomic E-state index is -0.0410. The SMILES string of the molecule is CC(C)NC(=O)c1ccc(NCc2ccncc2)cc1. The van der Waals surface area contributed by atoms with Crippen LogP contribution < -0.4 is 10.6 Å². The molecule has 0 fully saturated rings. The van der Waals surface area contributed by atoms with Crippen LogP contribution in [0.15, 0.2) is 48.8 Å². The number of hydrogen-bond donors (Lipinski definition) is 2. The minimum Gasteiger partial charge on any atom is -0.381 e. The molecule has 1 heterocycles. The van der Waals surface area contributed by atoms with Crippen molar-refractivity contribution >= 4 is 11.6 Å². The monoisotopic (exact) mass is 269 g/mol. The van der Waals surface area contributed by atoms with Crippen LogP contribution in [0.1, 0.15) is 29.8 Å². The Hall–Kier alpha value is -2.36. The first-order chi connectivity index (χ1) is 9.65. The Labute approximate surface area is 119 Å². The molecule has 20 heavy (non-hydrogen) atoms. The predicted molar refractivity (Wildman–Crippen MR) is 80.6 cm³/mol. The summed E-state index contributed by atoms with van der Waals surface area (Å²) in [6.07, 6.45) is 3.55. The lowest BCUT2D eigenvalue weighted by molar-refractivity contribution is 0.0943. The molecule has 2 N–H and O–H groups in total. The number of nitrogens with zero attached hydrogens (tertiary/aromatic N) is 1. The van der Waals surface area contributed by atoms with E-state index in [4.69, 9.17) is 0 Å². The van der Waals surface area contributed by atoms with Gasteiger partial charge in [-0.05, 0) is 55.8 Å². The van der Waals surface area contributed by atoms with Crippen LogP contribution in [0.4, 0.5) is 5.69 Å². The van der Waals surface area contributed by atoms with E-state index < -0.39 is 0 Å². The molecule has 0 aliphatic rings. The fraction of sp³-hybridized carbons (Fsp3) is 0.250. The number of amides is 1. The molecule has 0 unspecified atom stereocenters. The molecule has 0 aliphatic carbocycles. The molecule has 0 atom stereocenters. The van der Waals surface area contributed by atoms with Gasteiger partial charge in [0.25, 0.3) is 5.91 Å².